The SMILES string of the molecule is Cc1cc(F)c(NC2CCCOCC2)cc1F. The zero-order valence-corrected chi connectivity index (χ0v) is 9.93. The number of hydrogen-bond donors (Lipinski definition) is 1. The van der Waals surface area contributed by atoms with Gasteiger partial charge in [-0.05, 0) is 37.8 Å². The predicted molar refractivity (Wildman–Crippen MR) is 63.2 cm³/mol. The summed E-state index contributed by atoms with van der Waals surface area (Å²) in [5.74, 6) is -0.771. The molecule has 0 aliphatic carbocycles. The molecule has 1 N–H and O–H groups in total. The zero-order chi connectivity index (χ0) is 12.3. The first-order valence-corrected chi connectivity index (χ1v) is 5.97. The summed E-state index contributed by atoms with van der Waals surface area (Å²) in [7, 11) is 0. The van der Waals surface area contributed by atoms with Crippen molar-refractivity contribution < 1.29 is 13.5 Å². The first kappa shape index (κ1) is 12.3. The minimum Gasteiger partial charge on any atom is -0.381 e. The number of benzene rings is 1. The highest BCUT2D eigenvalue weighted by Crippen LogP contribution is 2.22. The smallest absolute Gasteiger partial charge is 0.146 e. The van der Waals surface area contributed by atoms with Crippen LogP contribution in [0.5, 0.6) is 0 Å². The third-order valence-electron chi connectivity index (χ3n) is 3.06. The highest BCUT2D eigenvalue weighted by molar-refractivity contribution is 5.47. The van der Waals surface area contributed by atoms with Crippen molar-refractivity contribution in [1.82, 2.24) is 0 Å². The Kier molecular flexibility index (Phi) is 3.94. The van der Waals surface area contributed by atoms with Gasteiger partial charge in [0.15, 0.2) is 0 Å². The van der Waals surface area contributed by atoms with Crippen molar-refractivity contribution in [2.24, 2.45) is 0 Å². The van der Waals surface area contributed by atoms with Crippen molar-refractivity contribution in [2.75, 3.05) is 18.5 Å². The summed E-state index contributed by atoms with van der Waals surface area (Å²) in [5.41, 5.74) is 0.581. The molecule has 94 valence electrons. The molecule has 0 bridgehead atoms. The van der Waals surface area contributed by atoms with Crippen molar-refractivity contribution in [3.8, 4) is 0 Å². The van der Waals surface area contributed by atoms with Gasteiger partial charge in [-0.25, -0.2) is 8.78 Å². The van der Waals surface area contributed by atoms with Crippen molar-refractivity contribution in [3.05, 3.63) is 29.3 Å². The summed E-state index contributed by atoms with van der Waals surface area (Å²) in [6.07, 6.45) is 2.71. The Morgan fingerprint density at radius 2 is 2.00 bits per heavy atom. The lowest BCUT2D eigenvalue weighted by molar-refractivity contribution is 0.144. The lowest BCUT2D eigenvalue weighted by atomic mass is 10.1. The van der Waals surface area contributed by atoms with Crippen molar-refractivity contribution in [1.29, 1.82) is 0 Å². The van der Waals surface area contributed by atoms with Gasteiger partial charge >= 0.3 is 0 Å². The number of anilines is 1. The molecule has 0 amide bonds. The summed E-state index contributed by atoms with van der Waals surface area (Å²) >= 11 is 0. The van der Waals surface area contributed by atoms with E-state index in [-0.39, 0.29) is 17.5 Å². The van der Waals surface area contributed by atoms with Crippen LogP contribution in [0.4, 0.5) is 14.5 Å². The van der Waals surface area contributed by atoms with Crippen LogP contribution < -0.4 is 5.32 Å². The minimum atomic E-state index is -0.394. The van der Waals surface area contributed by atoms with Crippen LogP contribution in [0.2, 0.25) is 0 Å². The predicted octanol–water partition coefficient (Wildman–Crippen LogP) is 3.25. The molecule has 1 aliphatic heterocycles. The molecule has 1 aromatic carbocycles. The normalized spacial score (nSPS) is 21.0. The first-order chi connectivity index (χ1) is 8.16. The molecular formula is C13H17F2NO. The molecule has 1 aliphatic rings. The van der Waals surface area contributed by atoms with Crippen molar-refractivity contribution in [2.45, 2.75) is 32.2 Å². The summed E-state index contributed by atoms with van der Waals surface area (Å²) in [5, 5.41) is 3.06. The molecule has 1 heterocycles. The van der Waals surface area contributed by atoms with E-state index in [9.17, 15) is 8.78 Å². The molecule has 17 heavy (non-hydrogen) atoms. The fraction of sp³-hybridized carbons (Fsp3) is 0.538. The average Bonchev–Trinajstić information content (AvgIpc) is 2.54. The van der Waals surface area contributed by atoms with Crippen molar-refractivity contribution >= 4 is 5.69 Å². The number of aryl methyl sites for hydroxylation is 1. The maximum absolute atomic E-state index is 13.6. The van der Waals surface area contributed by atoms with Crippen LogP contribution in [-0.4, -0.2) is 19.3 Å². The van der Waals surface area contributed by atoms with E-state index in [1.807, 2.05) is 0 Å². The molecule has 1 saturated heterocycles. The van der Waals surface area contributed by atoms with Crippen LogP contribution in [0.15, 0.2) is 12.1 Å². The summed E-state index contributed by atoms with van der Waals surface area (Å²) < 4.78 is 32.3. The van der Waals surface area contributed by atoms with E-state index in [4.69, 9.17) is 4.74 Å². The Balaban J connectivity index is 2.09. The second-order valence-electron chi connectivity index (χ2n) is 4.47. The van der Waals surface area contributed by atoms with Crippen molar-refractivity contribution in [3.63, 3.8) is 0 Å². The minimum absolute atomic E-state index is 0.161. The number of halogens is 2. The fourth-order valence-corrected chi connectivity index (χ4v) is 2.02. The van der Waals surface area contributed by atoms with Crippen LogP contribution in [0, 0.1) is 18.6 Å². The van der Waals surface area contributed by atoms with Crippen LogP contribution in [-0.2, 0) is 4.74 Å². The fourth-order valence-electron chi connectivity index (χ4n) is 2.02. The molecule has 0 saturated carbocycles. The van der Waals surface area contributed by atoms with Gasteiger partial charge in [0.1, 0.15) is 11.6 Å². The summed E-state index contributed by atoms with van der Waals surface area (Å²) in [6.45, 7) is 2.98. The number of rotatable bonds is 2. The Labute approximate surface area is 100.0 Å². The van der Waals surface area contributed by atoms with Gasteiger partial charge in [0.2, 0.25) is 0 Å². The molecule has 1 unspecified atom stereocenters. The van der Waals surface area contributed by atoms with E-state index in [2.05, 4.69) is 5.32 Å². The lowest BCUT2D eigenvalue weighted by Gasteiger charge is -2.18. The van der Waals surface area contributed by atoms with E-state index < -0.39 is 5.82 Å². The van der Waals surface area contributed by atoms with E-state index in [1.165, 1.54) is 12.1 Å². The van der Waals surface area contributed by atoms with Gasteiger partial charge in [-0.1, -0.05) is 0 Å². The molecule has 1 fully saturated rings. The monoisotopic (exact) mass is 241 g/mol. The number of nitrogens with one attached hydrogen (secondary N) is 1. The third kappa shape index (κ3) is 3.16. The van der Waals surface area contributed by atoms with Crippen LogP contribution in [0.3, 0.4) is 0 Å². The number of hydrogen-bond acceptors (Lipinski definition) is 2. The second-order valence-corrected chi connectivity index (χ2v) is 4.47. The Hall–Kier alpha value is -1.16. The molecule has 0 radical (unpaired) electrons. The van der Waals surface area contributed by atoms with Crippen LogP contribution in [0.25, 0.3) is 0 Å². The Morgan fingerprint density at radius 1 is 1.18 bits per heavy atom. The zero-order valence-electron chi connectivity index (χ0n) is 9.93. The molecule has 1 atom stereocenters. The third-order valence-corrected chi connectivity index (χ3v) is 3.06. The van der Waals surface area contributed by atoms with Gasteiger partial charge in [-0.15, -0.1) is 0 Å². The van der Waals surface area contributed by atoms with Crippen LogP contribution in [0.1, 0.15) is 24.8 Å². The number of ether oxygens (including phenoxy) is 1. The molecule has 1 aromatic rings. The van der Waals surface area contributed by atoms with Gasteiger partial charge in [0.25, 0.3) is 0 Å². The molecule has 2 rings (SSSR count). The van der Waals surface area contributed by atoms with Gasteiger partial charge in [-0.3, -0.25) is 0 Å². The van der Waals surface area contributed by atoms with E-state index in [0.29, 0.717) is 12.2 Å². The molecule has 0 spiro atoms. The van der Waals surface area contributed by atoms with Crippen LogP contribution >= 0.6 is 0 Å². The van der Waals surface area contributed by atoms with Gasteiger partial charge in [0.05, 0.1) is 5.69 Å². The van der Waals surface area contributed by atoms with E-state index in [0.717, 1.165) is 25.9 Å². The Morgan fingerprint density at radius 3 is 2.82 bits per heavy atom. The first-order valence-electron chi connectivity index (χ1n) is 5.97. The summed E-state index contributed by atoms with van der Waals surface area (Å²) in [4.78, 5) is 0. The lowest BCUT2D eigenvalue weighted by Crippen LogP contribution is -2.20. The standard InChI is InChI=1S/C13H17F2NO/c1-9-7-12(15)13(8-11(9)14)16-10-3-2-5-17-6-4-10/h7-8,10,16H,2-6H2,1H3. The average molecular weight is 241 g/mol. The highest BCUT2D eigenvalue weighted by atomic mass is 19.1. The highest BCUT2D eigenvalue weighted by Gasteiger charge is 2.15. The molecule has 2 nitrogen and oxygen atoms in total. The molecular weight excluding hydrogens is 224 g/mol. The second kappa shape index (κ2) is 5.45. The maximum atomic E-state index is 13.6. The quantitative estimate of drug-likeness (QED) is 0.858. The van der Waals surface area contributed by atoms with E-state index in [1.54, 1.807) is 6.92 Å². The maximum Gasteiger partial charge on any atom is 0.146 e. The largest absolute Gasteiger partial charge is 0.381 e. The molecule has 0 aromatic heterocycles. The van der Waals surface area contributed by atoms with E-state index >= 15 is 0 Å². The van der Waals surface area contributed by atoms with Gasteiger partial charge in [-0.2, -0.15) is 0 Å². The molecule has 4 heteroatoms. The van der Waals surface area contributed by atoms with Gasteiger partial charge < -0.3 is 10.1 Å². The van der Waals surface area contributed by atoms with Gasteiger partial charge in [0, 0.05) is 25.3 Å². The topological polar surface area (TPSA) is 21.3 Å². The Bertz CT molecular complexity index is 387. The summed E-state index contributed by atoms with van der Waals surface area (Å²) in [6, 6.07) is 2.62.